The van der Waals surface area contributed by atoms with Crippen molar-refractivity contribution >= 4 is 52.1 Å². The van der Waals surface area contributed by atoms with Crippen molar-refractivity contribution in [3.05, 3.63) is 0 Å². The van der Waals surface area contributed by atoms with Crippen LogP contribution in [0.2, 0.25) is 0 Å². The number of rotatable bonds is 0. The van der Waals surface area contributed by atoms with Gasteiger partial charge in [0, 0.05) is 0 Å². The van der Waals surface area contributed by atoms with Crippen LogP contribution in [-0.4, -0.2) is 125 Å². The third-order valence-corrected chi connectivity index (χ3v) is 0. The number of hydrogen-bond acceptors (Lipinski definition) is 12. The van der Waals surface area contributed by atoms with Gasteiger partial charge in [-0.05, 0) is 0 Å². The SMILES string of the molecule is CC(C)[O-].CC(C)[O-].CC(C)[O-].CC(C)[O-].CC(C)[O-].CC(C)[O-].CC(C)[O-].CC(C)[O-].CC(C)[O-].CC(C)[O-].CC(C)[O-].CC(C)[O-].[Al+3].[Al+3].[Al+3].[La+3]. The molecule has 0 saturated carbocycles. The fourth-order valence-corrected chi connectivity index (χ4v) is 0. The zero-order chi connectivity index (χ0) is 42.9. The fraction of sp³-hybridized carbons (Fsp3) is 1.00. The topological polar surface area (TPSA) is 277 Å². The second-order valence-corrected chi connectivity index (χ2v) is 12.6. The molecule has 0 atom stereocenters. The molecule has 0 heterocycles. The van der Waals surface area contributed by atoms with E-state index in [1.54, 1.807) is 166 Å². The van der Waals surface area contributed by atoms with E-state index in [0.29, 0.717) is 0 Å². The smallest absolute Gasteiger partial charge is 0.852 e. The molecule has 0 fully saturated rings. The molecule has 0 spiro atoms. The molecule has 0 N–H and O–H groups in total. The van der Waals surface area contributed by atoms with Crippen LogP contribution < -0.4 is 61.3 Å². The largest absolute Gasteiger partial charge is 3.00 e. The van der Waals surface area contributed by atoms with E-state index in [0.717, 1.165) is 0 Å². The van der Waals surface area contributed by atoms with Crippen LogP contribution in [0.3, 0.4) is 0 Å². The summed E-state index contributed by atoms with van der Waals surface area (Å²) in [4.78, 5) is 0. The summed E-state index contributed by atoms with van der Waals surface area (Å²) < 4.78 is 0. The van der Waals surface area contributed by atoms with Crippen LogP contribution in [0, 0.1) is 35.6 Å². The van der Waals surface area contributed by atoms with Crippen molar-refractivity contribution in [3.8, 4) is 0 Å². The van der Waals surface area contributed by atoms with Crippen LogP contribution in [0.4, 0.5) is 0 Å². The van der Waals surface area contributed by atoms with Crippen molar-refractivity contribution in [2.24, 2.45) is 0 Å². The summed E-state index contributed by atoms with van der Waals surface area (Å²) in [6, 6.07) is 0. The van der Waals surface area contributed by atoms with Gasteiger partial charge >= 0.3 is 87.7 Å². The molecule has 0 aliphatic heterocycles. The van der Waals surface area contributed by atoms with Gasteiger partial charge < -0.3 is 61.3 Å². The quantitative estimate of drug-likeness (QED) is 0.210. The molecule has 312 valence electrons. The molecule has 0 aromatic carbocycles. The molecule has 0 rings (SSSR count). The van der Waals surface area contributed by atoms with Gasteiger partial charge in [0.1, 0.15) is 0 Å². The summed E-state index contributed by atoms with van der Waals surface area (Å²) in [6.07, 6.45) is -5.00. The summed E-state index contributed by atoms with van der Waals surface area (Å²) in [7, 11) is 0. The average molecular weight is 929 g/mol. The standard InChI is InChI=1S/12C3H7O.3Al.La/c12*1-3(2)4;;;;/h12*3H,1-2H3;;;;/q12*-1;4*+3. The summed E-state index contributed by atoms with van der Waals surface area (Å²) in [6.45, 7) is 38.7. The Kier molecular flexibility index (Phi) is 201. The van der Waals surface area contributed by atoms with Crippen LogP contribution in [0.5, 0.6) is 0 Å². The zero-order valence-corrected chi connectivity index (χ0v) is 45.2. The molecule has 0 aliphatic rings. The third kappa shape index (κ3) is 25800. The Morgan fingerprint density at radius 1 is 0.154 bits per heavy atom. The van der Waals surface area contributed by atoms with Crippen molar-refractivity contribution in [3.63, 3.8) is 0 Å². The number of hydrogen-bond donors (Lipinski definition) is 0. The van der Waals surface area contributed by atoms with Gasteiger partial charge in [-0.25, -0.2) is 0 Å². The first-order valence-electron chi connectivity index (χ1n) is 16.7. The molecule has 0 aromatic heterocycles. The van der Waals surface area contributed by atoms with Crippen molar-refractivity contribution in [1.29, 1.82) is 0 Å². The van der Waals surface area contributed by atoms with Gasteiger partial charge in [-0.1, -0.05) is 166 Å². The fourth-order valence-electron chi connectivity index (χ4n) is 0. The Morgan fingerprint density at radius 2 is 0.154 bits per heavy atom. The summed E-state index contributed by atoms with van der Waals surface area (Å²) in [5.41, 5.74) is 0. The molecular weight excluding hydrogens is 844 g/mol. The monoisotopic (exact) mass is 928 g/mol. The Hall–Kier alpha value is 2.31. The van der Waals surface area contributed by atoms with Gasteiger partial charge in [-0.15, -0.1) is 73.2 Å². The van der Waals surface area contributed by atoms with E-state index < -0.39 is 73.2 Å². The van der Waals surface area contributed by atoms with Crippen molar-refractivity contribution in [2.45, 2.75) is 239 Å². The van der Waals surface area contributed by atoms with E-state index in [2.05, 4.69) is 0 Å². The Labute approximate surface area is 385 Å². The molecule has 12 nitrogen and oxygen atoms in total. The van der Waals surface area contributed by atoms with E-state index in [1.807, 2.05) is 0 Å². The van der Waals surface area contributed by atoms with Crippen LogP contribution in [0.1, 0.15) is 166 Å². The van der Waals surface area contributed by atoms with E-state index in [-0.39, 0.29) is 87.7 Å². The second-order valence-electron chi connectivity index (χ2n) is 12.6. The molecule has 52 heavy (non-hydrogen) atoms. The molecule has 0 bridgehead atoms. The van der Waals surface area contributed by atoms with Gasteiger partial charge in [0.25, 0.3) is 0 Å². The van der Waals surface area contributed by atoms with Gasteiger partial charge in [-0.2, -0.15) is 0 Å². The minimum absolute atomic E-state index is 0. The van der Waals surface area contributed by atoms with Crippen molar-refractivity contribution in [2.75, 3.05) is 0 Å². The average Bonchev–Trinajstić information content (AvgIpc) is 2.61. The van der Waals surface area contributed by atoms with E-state index >= 15 is 0 Å². The van der Waals surface area contributed by atoms with Crippen LogP contribution >= 0.6 is 0 Å². The first kappa shape index (κ1) is 105. The van der Waals surface area contributed by atoms with Crippen LogP contribution in [-0.2, 0) is 0 Å². The van der Waals surface area contributed by atoms with Crippen LogP contribution in [0.25, 0.3) is 0 Å². The van der Waals surface area contributed by atoms with E-state index in [9.17, 15) is 61.3 Å². The van der Waals surface area contributed by atoms with E-state index in [1.165, 1.54) is 0 Å². The molecule has 0 unspecified atom stereocenters. The maximum Gasteiger partial charge on any atom is 3.00 e. The summed E-state index contributed by atoms with van der Waals surface area (Å²) >= 11 is 0. The molecule has 0 radical (unpaired) electrons. The molecule has 0 aromatic rings. The predicted octanol–water partition coefficient (Wildman–Crippen LogP) is -4.08. The molecule has 16 heteroatoms. The minimum Gasteiger partial charge on any atom is -0.852 e. The minimum atomic E-state index is -0.417. The third-order valence-electron chi connectivity index (χ3n) is 0. The van der Waals surface area contributed by atoms with Gasteiger partial charge in [-0.3, -0.25) is 0 Å². The predicted molar refractivity (Wildman–Crippen MR) is 199 cm³/mol. The Morgan fingerprint density at radius 3 is 0.154 bits per heavy atom. The second kappa shape index (κ2) is 99.4. The molecule has 0 amide bonds. The van der Waals surface area contributed by atoms with Gasteiger partial charge in [0.2, 0.25) is 0 Å². The first-order chi connectivity index (χ1) is 20.8. The summed E-state index contributed by atoms with van der Waals surface area (Å²) in [5, 5.41) is 114. The Balaban J connectivity index is -0.0000000193. The normalized spacial score (nSPS) is 8.31. The molecule has 0 saturated heterocycles. The molecular formula is C36H84Al3LaO12. The van der Waals surface area contributed by atoms with Crippen LogP contribution in [0.15, 0.2) is 0 Å². The molecule has 0 aliphatic carbocycles. The maximum absolute atomic E-state index is 9.53. The van der Waals surface area contributed by atoms with E-state index in [4.69, 9.17) is 0 Å². The first-order valence-corrected chi connectivity index (χ1v) is 16.7. The van der Waals surface area contributed by atoms with Crippen molar-refractivity contribution in [1.82, 2.24) is 0 Å². The Bertz CT molecular complexity index is 249. The summed E-state index contributed by atoms with van der Waals surface area (Å²) in [5.74, 6) is 0. The van der Waals surface area contributed by atoms with Gasteiger partial charge in [0.15, 0.2) is 0 Å². The van der Waals surface area contributed by atoms with Gasteiger partial charge in [0.05, 0.1) is 0 Å². The zero-order valence-electron chi connectivity index (χ0n) is 38.1. The maximum atomic E-state index is 9.53. The van der Waals surface area contributed by atoms with Crippen molar-refractivity contribution < 1.29 is 96.9 Å².